The fourth-order valence-electron chi connectivity index (χ4n) is 0.798. The first-order chi connectivity index (χ1) is 5.93. The summed E-state index contributed by atoms with van der Waals surface area (Å²) in [5, 5.41) is 4.04. The molecule has 1 heterocycles. The molecular formula is C8H11N3S. The number of terminal acetylenes is 1. The third-order valence-corrected chi connectivity index (χ3v) is 2.01. The third-order valence-electron chi connectivity index (χ3n) is 1.39. The molecule has 0 atom stereocenters. The molecule has 0 fully saturated rings. The van der Waals surface area contributed by atoms with E-state index in [0.29, 0.717) is 0 Å². The van der Waals surface area contributed by atoms with Crippen molar-refractivity contribution in [1.82, 2.24) is 9.36 Å². The molecule has 12 heavy (non-hydrogen) atoms. The van der Waals surface area contributed by atoms with Gasteiger partial charge in [-0.05, 0) is 12.8 Å². The first-order valence-electron chi connectivity index (χ1n) is 3.87. The van der Waals surface area contributed by atoms with Crippen molar-refractivity contribution >= 4 is 16.7 Å². The molecular weight excluding hydrogens is 170 g/mol. The molecule has 64 valence electrons. The third kappa shape index (κ3) is 3.35. The van der Waals surface area contributed by atoms with Crippen molar-refractivity contribution in [2.24, 2.45) is 0 Å². The van der Waals surface area contributed by atoms with Crippen LogP contribution in [-0.4, -0.2) is 15.9 Å². The molecule has 0 aliphatic heterocycles. The highest BCUT2D eigenvalue weighted by molar-refractivity contribution is 7.09. The highest BCUT2D eigenvalue weighted by Gasteiger charge is 1.92. The van der Waals surface area contributed by atoms with Crippen molar-refractivity contribution in [3.63, 3.8) is 0 Å². The topological polar surface area (TPSA) is 37.8 Å². The Hall–Kier alpha value is -1.08. The summed E-state index contributed by atoms with van der Waals surface area (Å²) in [5.74, 6) is 2.61. The van der Waals surface area contributed by atoms with Gasteiger partial charge in [-0.2, -0.15) is 4.37 Å². The molecule has 1 aromatic rings. The Bertz CT molecular complexity index is 237. The molecule has 0 saturated heterocycles. The van der Waals surface area contributed by atoms with Crippen LogP contribution in [0.25, 0.3) is 0 Å². The molecule has 1 aromatic heterocycles. The normalized spacial score (nSPS) is 9.25. The van der Waals surface area contributed by atoms with Crippen molar-refractivity contribution in [2.75, 3.05) is 11.9 Å². The zero-order valence-electron chi connectivity index (χ0n) is 6.79. The van der Waals surface area contributed by atoms with Crippen LogP contribution in [0.5, 0.6) is 0 Å². The van der Waals surface area contributed by atoms with E-state index in [-0.39, 0.29) is 0 Å². The van der Waals surface area contributed by atoms with E-state index >= 15 is 0 Å². The second-order valence-corrected chi connectivity index (χ2v) is 3.11. The molecule has 0 saturated carbocycles. The van der Waals surface area contributed by atoms with Gasteiger partial charge in [0.1, 0.15) is 6.33 Å². The van der Waals surface area contributed by atoms with Crippen LogP contribution in [0, 0.1) is 12.3 Å². The Morgan fingerprint density at radius 1 is 1.58 bits per heavy atom. The van der Waals surface area contributed by atoms with Crippen LogP contribution in [0.15, 0.2) is 6.33 Å². The van der Waals surface area contributed by atoms with Gasteiger partial charge in [0.2, 0.25) is 5.13 Å². The number of rotatable bonds is 5. The van der Waals surface area contributed by atoms with Gasteiger partial charge < -0.3 is 5.32 Å². The fourth-order valence-corrected chi connectivity index (χ4v) is 1.25. The Balaban J connectivity index is 2.01. The maximum atomic E-state index is 5.11. The van der Waals surface area contributed by atoms with E-state index in [2.05, 4.69) is 20.6 Å². The predicted molar refractivity (Wildman–Crippen MR) is 51.1 cm³/mol. The SMILES string of the molecule is C#CCCCCNc1ncns1. The minimum Gasteiger partial charge on any atom is -0.360 e. The van der Waals surface area contributed by atoms with Crippen LogP contribution in [0.2, 0.25) is 0 Å². The van der Waals surface area contributed by atoms with E-state index < -0.39 is 0 Å². The van der Waals surface area contributed by atoms with E-state index in [4.69, 9.17) is 6.42 Å². The van der Waals surface area contributed by atoms with Gasteiger partial charge in [0.25, 0.3) is 0 Å². The van der Waals surface area contributed by atoms with Crippen LogP contribution in [0.3, 0.4) is 0 Å². The first-order valence-corrected chi connectivity index (χ1v) is 4.65. The standard InChI is InChI=1S/C8H11N3S/c1-2-3-4-5-6-9-8-10-7-11-12-8/h1,7H,3-6H2,(H,9,10,11). The molecule has 1 N–H and O–H groups in total. The van der Waals surface area contributed by atoms with Gasteiger partial charge >= 0.3 is 0 Å². The lowest BCUT2D eigenvalue weighted by Gasteiger charge is -1.98. The number of nitrogens with one attached hydrogen (secondary N) is 1. The summed E-state index contributed by atoms with van der Waals surface area (Å²) >= 11 is 1.37. The summed E-state index contributed by atoms with van der Waals surface area (Å²) in [7, 11) is 0. The number of hydrogen-bond acceptors (Lipinski definition) is 4. The second-order valence-electron chi connectivity index (χ2n) is 2.33. The zero-order valence-corrected chi connectivity index (χ0v) is 7.60. The summed E-state index contributed by atoms with van der Waals surface area (Å²) in [4.78, 5) is 3.99. The number of anilines is 1. The Morgan fingerprint density at radius 3 is 3.17 bits per heavy atom. The Labute approximate surface area is 76.4 Å². The predicted octanol–water partition coefficient (Wildman–Crippen LogP) is 1.75. The summed E-state index contributed by atoms with van der Waals surface area (Å²) in [6, 6.07) is 0. The van der Waals surface area contributed by atoms with Crippen LogP contribution in [-0.2, 0) is 0 Å². The van der Waals surface area contributed by atoms with Gasteiger partial charge in [-0.3, -0.25) is 0 Å². The van der Waals surface area contributed by atoms with Crippen LogP contribution in [0.1, 0.15) is 19.3 Å². The van der Waals surface area contributed by atoms with Crippen LogP contribution in [0.4, 0.5) is 5.13 Å². The van der Waals surface area contributed by atoms with Crippen molar-refractivity contribution in [2.45, 2.75) is 19.3 Å². The van der Waals surface area contributed by atoms with Gasteiger partial charge in [0, 0.05) is 24.5 Å². The highest BCUT2D eigenvalue weighted by atomic mass is 32.1. The lowest BCUT2D eigenvalue weighted by atomic mass is 10.2. The zero-order chi connectivity index (χ0) is 8.65. The lowest BCUT2D eigenvalue weighted by Crippen LogP contribution is -2.00. The van der Waals surface area contributed by atoms with Crippen molar-refractivity contribution in [3.8, 4) is 12.3 Å². The fraction of sp³-hybridized carbons (Fsp3) is 0.500. The summed E-state index contributed by atoms with van der Waals surface area (Å²) in [6.07, 6.45) is 9.68. The van der Waals surface area contributed by atoms with Gasteiger partial charge in [0.15, 0.2) is 0 Å². The minimum absolute atomic E-state index is 0.859. The number of nitrogens with zero attached hydrogens (tertiary/aromatic N) is 2. The van der Waals surface area contributed by atoms with Gasteiger partial charge in [-0.1, -0.05) is 0 Å². The first kappa shape index (κ1) is 9.01. The van der Waals surface area contributed by atoms with E-state index in [1.165, 1.54) is 11.5 Å². The Kier molecular flexibility index (Phi) is 4.17. The molecule has 0 unspecified atom stereocenters. The molecule has 0 aromatic carbocycles. The maximum Gasteiger partial charge on any atom is 0.202 e. The van der Waals surface area contributed by atoms with Gasteiger partial charge in [-0.25, -0.2) is 4.98 Å². The summed E-state index contributed by atoms with van der Waals surface area (Å²) in [5.41, 5.74) is 0. The van der Waals surface area contributed by atoms with Crippen molar-refractivity contribution < 1.29 is 0 Å². The minimum atomic E-state index is 0.859. The number of aromatic nitrogens is 2. The maximum absolute atomic E-state index is 5.11. The van der Waals surface area contributed by atoms with Crippen LogP contribution < -0.4 is 5.32 Å². The van der Waals surface area contributed by atoms with E-state index in [0.717, 1.165) is 30.9 Å². The molecule has 0 spiro atoms. The highest BCUT2D eigenvalue weighted by Crippen LogP contribution is 2.06. The lowest BCUT2D eigenvalue weighted by molar-refractivity contribution is 0.789. The van der Waals surface area contributed by atoms with E-state index in [1.54, 1.807) is 6.33 Å². The van der Waals surface area contributed by atoms with E-state index in [1.807, 2.05) is 0 Å². The summed E-state index contributed by atoms with van der Waals surface area (Å²) < 4.78 is 3.87. The molecule has 0 bridgehead atoms. The average molecular weight is 181 g/mol. The summed E-state index contributed by atoms with van der Waals surface area (Å²) in [6.45, 7) is 0.927. The smallest absolute Gasteiger partial charge is 0.202 e. The van der Waals surface area contributed by atoms with Crippen molar-refractivity contribution in [3.05, 3.63) is 6.33 Å². The molecule has 4 heteroatoms. The number of hydrogen-bond donors (Lipinski definition) is 1. The molecule has 1 rings (SSSR count). The Morgan fingerprint density at radius 2 is 2.50 bits per heavy atom. The van der Waals surface area contributed by atoms with Crippen molar-refractivity contribution in [1.29, 1.82) is 0 Å². The van der Waals surface area contributed by atoms with E-state index in [9.17, 15) is 0 Å². The largest absolute Gasteiger partial charge is 0.360 e. The van der Waals surface area contributed by atoms with Crippen LogP contribution >= 0.6 is 11.5 Å². The molecule has 3 nitrogen and oxygen atoms in total. The van der Waals surface area contributed by atoms with Gasteiger partial charge in [-0.15, -0.1) is 12.3 Å². The van der Waals surface area contributed by atoms with Gasteiger partial charge in [0.05, 0.1) is 0 Å². The quantitative estimate of drug-likeness (QED) is 0.555. The average Bonchev–Trinajstić information content (AvgIpc) is 2.57. The molecule has 0 aliphatic rings. The molecule has 0 amide bonds. The monoisotopic (exact) mass is 181 g/mol. The molecule has 0 radical (unpaired) electrons. The second kappa shape index (κ2) is 5.56. The molecule has 0 aliphatic carbocycles. The number of unbranched alkanes of at least 4 members (excludes halogenated alkanes) is 2.